The Bertz CT molecular complexity index is 716. The molecule has 2 aromatic carbocycles. The van der Waals surface area contributed by atoms with Crippen molar-refractivity contribution in [1.29, 1.82) is 5.26 Å². The van der Waals surface area contributed by atoms with Gasteiger partial charge in [0.25, 0.3) is 0 Å². The van der Waals surface area contributed by atoms with E-state index in [-0.39, 0.29) is 5.69 Å². The van der Waals surface area contributed by atoms with Gasteiger partial charge in [0.2, 0.25) is 0 Å². The van der Waals surface area contributed by atoms with E-state index in [0.29, 0.717) is 11.1 Å². The third-order valence-corrected chi connectivity index (χ3v) is 2.71. The van der Waals surface area contributed by atoms with Gasteiger partial charge < -0.3 is 5.11 Å². The number of allylic oxidation sites excluding steroid dienone is 1. The Balaban J connectivity index is 2.47. The topological polar surface area (TPSA) is 87.2 Å². The zero-order chi connectivity index (χ0) is 14.5. The van der Waals surface area contributed by atoms with Gasteiger partial charge >= 0.3 is 5.69 Å². The molecule has 5 nitrogen and oxygen atoms in total. The monoisotopic (exact) mass is 266 g/mol. The van der Waals surface area contributed by atoms with Gasteiger partial charge in [-0.15, -0.1) is 0 Å². The van der Waals surface area contributed by atoms with Crippen molar-refractivity contribution in [2.24, 2.45) is 0 Å². The molecule has 0 bridgehead atoms. The maximum atomic E-state index is 10.8. The summed E-state index contributed by atoms with van der Waals surface area (Å²) in [4.78, 5) is 10.1. The molecule has 0 amide bonds. The second-order valence-corrected chi connectivity index (χ2v) is 4.04. The summed E-state index contributed by atoms with van der Waals surface area (Å²) in [6, 6.07) is 15.1. The van der Waals surface area contributed by atoms with Crippen molar-refractivity contribution in [2.45, 2.75) is 0 Å². The molecule has 0 aliphatic rings. The molecule has 2 rings (SSSR count). The third kappa shape index (κ3) is 2.82. The van der Waals surface area contributed by atoms with Crippen molar-refractivity contribution < 1.29 is 10.0 Å². The molecule has 0 heterocycles. The number of rotatable bonds is 3. The van der Waals surface area contributed by atoms with Crippen LogP contribution in [-0.4, -0.2) is 10.0 Å². The van der Waals surface area contributed by atoms with E-state index in [9.17, 15) is 20.5 Å². The molecule has 2 aromatic rings. The number of nitrogens with zero attached hydrogens (tertiary/aromatic N) is 2. The van der Waals surface area contributed by atoms with Crippen LogP contribution in [0.5, 0.6) is 5.75 Å². The van der Waals surface area contributed by atoms with E-state index in [1.165, 1.54) is 18.2 Å². The van der Waals surface area contributed by atoms with Crippen LogP contribution in [0.4, 0.5) is 5.69 Å². The Morgan fingerprint density at radius 2 is 1.95 bits per heavy atom. The molecule has 0 aliphatic heterocycles. The molecule has 0 unspecified atom stereocenters. The van der Waals surface area contributed by atoms with Crippen LogP contribution in [0.1, 0.15) is 11.1 Å². The number of benzene rings is 2. The molecule has 0 atom stereocenters. The summed E-state index contributed by atoms with van der Waals surface area (Å²) in [5.74, 6) is -0.398. The first kappa shape index (κ1) is 13.3. The van der Waals surface area contributed by atoms with E-state index in [4.69, 9.17) is 0 Å². The predicted octanol–water partition coefficient (Wildman–Crippen LogP) is 3.36. The molecular formula is C15H10N2O3. The van der Waals surface area contributed by atoms with Crippen LogP contribution in [0, 0.1) is 21.4 Å². The minimum Gasteiger partial charge on any atom is -0.502 e. The van der Waals surface area contributed by atoms with Gasteiger partial charge in [-0.1, -0.05) is 36.4 Å². The first-order chi connectivity index (χ1) is 9.61. The SMILES string of the molecule is N#CC(=Cc1ccc(O)c([N+](=O)[O-])c1)c1ccccc1. The molecule has 0 aliphatic carbocycles. The first-order valence-corrected chi connectivity index (χ1v) is 5.76. The molecule has 0 saturated carbocycles. The molecule has 0 radical (unpaired) electrons. The van der Waals surface area contributed by atoms with Crippen molar-refractivity contribution in [2.75, 3.05) is 0 Å². The molecule has 5 heteroatoms. The fourth-order valence-corrected chi connectivity index (χ4v) is 1.74. The average Bonchev–Trinajstić information content (AvgIpc) is 2.47. The Kier molecular flexibility index (Phi) is 3.77. The normalized spacial score (nSPS) is 10.8. The molecule has 98 valence electrons. The second-order valence-electron chi connectivity index (χ2n) is 4.04. The highest BCUT2D eigenvalue weighted by Crippen LogP contribution is 2.28. The first-order valence-electron chi connectivity index (χ1n) is 5.76. The second kappa shape index (κ2) is 5.67. The Labute approximate surface area is 115 Å². The molecule has 0 spiro atoms. The summed E-state index contributed by atoms with van der Waals surface area (Å²) < 4.78 is 0. The summed E-state index contributed by atoms with van der Waals surface area (Å²) in [6.07, 6.45) is 1.54. The number of hydrogen-bond acceptors (Lipinski definition) is 4. The van der Waals surface area contributed by atoms with Crippen LogP contribution in [0.3, 0.4) is 0 Å². The molecule has 0 saturated heterocycles. The lowest BCUT2D eigenvalue weighted by atomic mass is 10.0. The predicted molar refractivity (Wildman–Crippen MR) is 74.7 cm³/mol. The smallest absolute Gasteiger partial charge is 0.311 e. The minimum absolute atomic E-state index is 0.385. The molecule has 1 N–H and O–H groups in total. The van der Waals surface area contributed by atoms with Crippen molar-refractivity contribution in [3.8, 4) is 11.8 Å². The van der Waals surface area contributed by atoms with E-state index in [2.05, 4.69) is 6.07 Å². The third-order valence-electron chi connectivity index (χ3n) is 2.71. The zero-order valence-corrected chi connectivity index (χ0v) is 10.4. The van der Waals surface area contributed by atoms with Crippen molar-refractivity contribution in [3.63, 3.8) is 0 Å². The average molecular weight is 266 g/mol. The fraction of sp³-hybridized carbons (Fsp3) is 0. The van der Waals surface area contributed by atoms with E-state index in [0.717, 1.165) is 5.56 Å². The van der Waals surface area contributed by atoms with Crippen LogP contribution in [-0.2, 0) is 0 Å². The van der Waals surface area contributed by atoms with Gasteiger partial charge in [0.05, 0.1) is 16.6 Å². The minimum atomic E-state index is -0.665. The summed E-state index contributed by atoms with van der Waals surface area (Å²) in [5.41, 5.74) is 1.22. The van der Waals surface area contributed by atoms with E-state index in [1.807, 2.05) is 6.07 Å². The number of nitro benzene ring substituents is 1. The molecule has 0 aromatic heterocycles. The molecular weight excluding hydrogens is 256 g/mol. The number of nitro groups is 1. The van der Waals surface area contributed by atoms with Crippen LogP contribution >= 0.6 is 0 Å². The van der Waals surface area contributed by atoms with Gasteiger partial charge in [-0.05, 0) is 23.3 Å². The summed E-state index contributed by atoms with van der Waals surface area (Å²) in [6.45, 7) is 0. The standard InChI is InChI=1S/C15H10N2O3/c16-10-13(12-4-2-1-3-5-12)8-11-6-7-15(18)14(9-11)17(19)20/h1-9,18H. The quantitative estimate of drug-likeness (QED) is 0.399. The highest BCUT2D eigenvalue weighted by molar-refractivity contribution is 5.89. The van der Waals surface area contributed by atoms with Crippen molar-refractivity contribution >= 4 is 17.3 Å². The van der Waals surface area contributed by atoms with Gasteiger partial charge in [0.1, 0.15) is 0 Å². The van der Waals surface area contributed by atoms with Crippen LogP contribution in [0.2, 0.25) is 0 Å². The van der Waals surface area contributed by atoms with E-state index >= 15 is 0 Å². The summed E-state index contributed by atoms with van der Waals surface area (Å²) in [5, 5.41) is 29.3. The van der Waals surface area contributed by atoms with Crippen LogP contribution in [0.15, 0.2) is 48.5 Å². The Morgan fingerprint density at radius 1 is 1.25 bits per heavy atom. The Hall–Kier alpha value is -3.13. The number of phenols is 1. The maximum Gasteiger partial charge on any atom is 0.311 e. The van der Waals surface area contributed by atoms with Crippen molar-refractivity contribution in [1.82, 2.24) is 0 Å². The van der Waals surface area contributed by atoms with E-state index < -0.39 is 10.7 Å². The fourth-order valence-electron chi connectivity index (χ4n) is 1.74. The number of hydrogen-bond donors (Lipinski definition) is 1. The van der Waals surface area contributed by atoms with Crippen LogP contribution < -0.4 is 0 Å². The van der Waals surface area contributed by atoms with Crippen molar-refractivity contribution in [3.05, 3.63) is 69.8 Å². The number of phenolic OH excluding ortho intramolecular Hbond substituents is 1. The van der Waals surface area contributed by atoms with Gasteiger partial charge in [0.15, 0.2) is 5.75 Å². The van der Waals surface area contributed by atoms with Gasteiger partial charge in [0, 0.05) is 6.07 Å². The number of nitriles is 1. The van der Waals surface area contributed by atoms with Gasteiger partial charge in [-0.25, -0.2) is 0 Å². The maximum absolute atomic E-state index is 10.8. The highest BCUT2D eigenvalue weighted by atomic mass is 16.6. The molecule has 20 heavy (non-hydrogen) atoms. The summed E-state index contributed by atoms with van der Waals surface area (Å²) in [7, 11) is 0. The molecule has 0 fully saturated rings. The van der Waals surface area contributed by atoms with Gasteiger partial charge in [-0.3, -0.25) is 10.1 Å². The lowest BCUT2D eigenvalue weighted by Crippen LogP contribution is -1.89. The van der Waals surface area contributed by atoms with Crippen LogP contribution in [0.25, 0.3) is 11.6 Å². The zero-order valence-electron chi connectivity index (χ0n) is 10.4. The lowest BCUT2D eigenvalue weighted by molar-refractivity contribution is -0.385. The van der Waals surface area contributed by atoms with E-state index in [1.54, 1.807) is 30.3 Å². The highest BCUT2D eigenvalue weighted by Gasteiger charge is 2.13. The lowest BCUT2D eigenvalue weighted by Gasteiger charge is -2.01. The number of aromatic hydroxyl groups is 1. The largest absolute Gasteiger partial charge is 0.502 e. The van der Waals surface area contributed by atoms with Gasteiger partial charge in [-0.2, -0.15) is 5.26 Å². The summed E-state index contributed by atoms with van der Waals surface area (Å²) >= 11 is 0. The Morgan fingerprint density at radius 3 is 2.55 bits per heavy atom.